The van der Waals surface area contributed by atoms with Gasteiger partial charge in [-0.05, 0) is 54.1 Å². The summed E-state index contributed by atoms with van der Waals surface area (Å²) in [7, 11) is -4.48. The molecule has 0 unspecified atom stereocenters. The van der Waals surface area contributed by atoms with Gasteiger partial charge in [-0.3, -0.25) is 4.79 Å². The van der Waals surface area contributed by atoms with Gasteiger partial charge in [-0.2, -0.15) is 0 Å². The zero-order valence-corrected chi connectivity index (χ0v) is 13.6. The van der Waals surface area contributed by atoms with Crippen LogP contribution >= 0.6 is 0 Å². The first-order valence-electron chi connectivity index (χ1n) is 7.21. The number of carbonyl (C=O) groups is 1. The lowest BCUT2D eigenvalue weighted by atomic mass is 10.1. The fourth-order valence-electron chi connectivity index (χ4n) is 2.45. The summed E-state index contributed by atoms with van der Waals surface area (Å²) in [5.74, 6) is -0.225. The molecular weight excluding hydrogens is 326 g/mol. The molecule has 3 rings (SSSR count). The highest BCUT2D eigenvalue weighted by Gasteiger charge is 2.08. The molecule has 1 amide bonds. The smallest absolute Gasteiger partial charge is 0.255 e. The van der Waals surface area contributed by atoms with E-state index in [-0.39, 0.29) is 10.8 Å². The van der Waals surface area contributed by atoms with E-state index in [1.807, 2.05) is 19.1 Å². The molecule has 0 saturated carbocycles. The lowest BCUT2D eigenvalue weighted by molar-refractivity contribution is 0.102. The van der Waals surface area contributed by atoms with Crippen molar-refractivity contribution in [1.82, 2.24) is 0 Å². The Labute approximate surface area is 139 Å². The van der Waals surface area contributed by atoms with E-state index in [0.717, 1.165) is 10.9 Å². The SMILES string of the molecule is Cc1cccc(C(=O)Nc2ccc3cc(S(=O)(=O)[O-])ccc3c2)c1. The first kappa shape index (κ1) is 16.2. The summed E-state index contributed by atoms with van der Waals surface area (Å²) in [6, 6.07) is 16.4. The highest BCUT2D eigenvalue weighted by molar-refractivity contribution is 7.85. The Bertz CT molecular complexity index is 1040. The van der Waals surface area contributed by atoms with Gasteiger partial charge in [0.05, 0.1) is 4.90 Å². The van der Waals surface area contributed by atoms with Crippen LogP contribution in [0.1, 0.15) is 15.9 Å². The van der Waals surface area contributed by atoms with Gasteiger partial charge in [0.15, 0.2) is 0 Å². The number of rotatable bonds is 3. The predicted molar refractivity (Wildman–Crippen MR) is 91.0 cm³/mol. The molecule has 3 aromatic carbocycles. The second-order valence-corrected chi connectivity index (χ2v) is 6.88. The van der Waals surface area contributed by atoms with Gasteiger partial charge in [0.25, 0.3) is 5.91 Å². The topological polar surface area (TPSA) is 86.3 Å². The second kappa shape index (κ2) is 6.07. The number of hydrogen-bond acceptors (Lipinski definition) is 4. The first-order chi connectivity index (χ1) is 11.3. The van der Waals surface area contributed by atoms with E-state index in [4.69, 9.17) is 0 Å². The molecular formula is C18H14NO4S-. The normalized spacial score (nSPS) is 11.4. The summed E-state index contributed by atoms with van der Waals surface area (Å²) in [4.78, 5) is 12.0. The van der Waals surface area contributed by atoms with Crippen molar-refractivity contribution >= 4 is 32.5 Å². The van der Waals surface area contributed by atoms with E-state index in [0.29, 0.717) is 16.6 Å². The third kappa shape index (κ3) is 3.45. The van der Waals surface area contributed by atoms with Gasteiger partial charge in [0.1, 0.15) is 10.1 Å². The zero-order chi connectivity index (χ0) is 17.3. The van der Waals surface area contributed by atoms with Gasteiger partial charge in [0.2, 0.25) is 0 Å². The number of hydrogen-bond donors (Lipinski definition) is 1. The summed E-state index contributed by atoms with van der Waals surface area (Å²) in [5, 5.41) is 4.14. The molecule has 3 aromatic rings. The number of anilines is 1. The van der Waals surface area contributed by atoms with Crippen LogP contribution < -0.4 is 5.32 Å². The standard InChI is InChI=1S/C18H15NO4S/c1-12-3-2-4-15(9-12)18(20)19-16-7-5-14-11-17(24(21,22)23)8-6-13(14)10-16/h2-11H,1H3,(H,19,20)(H,21,22,23)/p-1. The number of carbonyl (C=O) groups excluding carboxylic acids is 1. The fourth-order valence-corrected chi connectivity index (χ4v) is 2.95. The van der Waals surface area contributed by atoms with E-state index < -0.39 is 10.1 Å². The van der Waals surface area contributed by atoms with Crippen LogP contribution in [0.3, 0.4) is 0 Å². The lowest BCUT2D eigenvalue weighted by Gasteiger charge is -2.10. The predicted octanol–water partition coefficient (Wildman–Crippen LogP) is 3.30. The molecule has 1 N–H and O–H groups in total. The highest BCUT2D eigenvalue weighted by Crippen LogP contribution is 2.23. The van der Waals surface area contributed by atoms with Crippen LogP contribution in [-0.2, 0) is 10.1 Å². The molecule has 5 nitrogen and oxygen atoms in total. The minimum atomic E-state index is -4.48. The zero-order valence-electron chi connectivity index (χ0n) is 12.8. The van der Waals surface area contributed by atoms with Crippen molar-refractivity contribution in [3.8, 4) is 0 Å². The van der Waals surface area contributed by atoms with E-state index in [1.54, 1.807) is 36.4 Å². The summed E-state index contributed by atoms with van der Waals surface area (Å²) >= 11 is 0. The van der Waals surface area contributed by atoms with E-state index >= 15 is 0 Å². The maximum absolute atomic E-state index is 12.3. The van der Waals surface area contributed by atoms with Gasteiger partial charge in [-0.15, -0.1) is 0 Å². The molecule has 0 radical (unpaired) electrons. The van der Waals surface area contributed by atoms with Gasteiger partial charge >= 0.3 is 0 Å². The quantitative estimate of drug-likeness (QED) is 0.741. The molecule has 6 heteroatoms. The summed E-state index contributed by atoms with van der Waals surface area (Å²) < 4.78 is 33.2. The molecule has 0 fully saturated rings. The Morgan fingerprint density at radius 1 is 0.958 bits per heavy atom. The number of amides is 1. The molecule has 122 valence electrons. The first-order valence-corrected chi connectivity index (χ1v) is 8.61. The van der Waals surface area contributed by atoms with Crippen LogP contribution in [0.25, 0.3) is 10.8 Å². The monoisotopic (exact) mass is 340 g/mol. The van der Waals surface area contributed by atoms with Crippen molar-refractivity contribution in [2.24, 2.45) is 0 Å². The highest BCUT2D eigenvalue weighted by atomic mass is 32.2. The van der Waals surface area contributed by atoms with Crippen LogP contribution in [0.4, 0.5) is 5.69 Å². The Kier molecular flexibility index (Phi) is 4.09. The maximum atomic E-state index is 12.3. The van der Waals surface area contributed by atoms with Gasteiger partial charge in [-0.1, -0.05) is 29.8 Å². The van der Waals surface area contributed by atoms with Crippen LogP contribution in [0.15, 0.2) is 65.6 Å². The molecule has 0 spiro atoms. The molecule has 0 saturated heterocycles. The van der Waals surface area contributed by atoms with E-state index in [1.165, 1.54) is 12.1 Å². The molecule has 0 aliphatic rings. The largest absolute Gasteiger partial charge is 0.744 e. The molecule has 24 heavy (non-hydrogen) atoms. The van der Waals surface area contributed by atoms with Crippen LogP contribution in [0, 0.1) is 6.92 Å². The van der Waals surface area contributed by atoms with Gasteiger partial charge in [0, 0.05) is 11.3 Å². The average Bonchev–Trinajstić information content (AvgIpc) is 2.53. The average molecular weight is 340 g/mol. The minimum Gasteiger partial charge on any atom is -0.744 e. The fraction of sp³-hybridized carbons (Fsp3) is 0.0556. The summed E-state index contributed by atoms with van der Waals surface area (Å²) in [6.07, 6.45) is 0. The number of benzene rings is 3. The molecule has 0 aliphatic carbocycles. The number of nitrogens with one attached hydrogen (secondary N) is 1. The van der Waals surface area contributed by atoms with Crippen molar-refractivity contribution in [1.29, 1.82) is 0 Å². The van der Waals surface area contributed by atoms with Gasteiger partial charge < -0.3 is 9.87 Å². The van der Waals surface area contributed by atoms with Crippen LogP contribution in [-0.4, -0.2) is 18.9 Å². The Morgan fingerprint density at radius 2 is 1.67 bits per heavy atom. The van der Waals surface area contributed by atoms with Crippen molar-refractivity contribution in [2.45, 2.75) is 11.8 Å². The van der Waals surface area contributed by atoms with Crippen molar-refractivity contribution in [3.05, 3.63) is 71.8 Å². The van der Waals surface area contributed by atoms with Crippen molar-refractivity contribution < 1.29 is 17.8 Å². The Morgan fingerprint density at radius 3 is 2.38 bits per heavy atom. The van der Waals surface area contributed by atoms with Crippen LogP contribution in [0.5, 0.6) is 0 Å². The van der Waals surface area contributed by atoms with Crippen molar-refractivity contribution in [3.63, 3.8) is 0 Å². The Hall–Kier alpha value is -2.70. The van der Waals surface area contributed by atoms with E-state index in [2.05, 4.69) is 5.32 Å². The molecule has 0 aromatic heterocycles. The molecule has 0 bridgehead atoms. The lowest BCUT2D eigenvalue weighted by Crippen LogP contribution is -2.11. The minimum absolute atomic E-state index is 0.225. The van der Waals surface area contributed by atoms with Crippen LogP contribution in [0.2, 0.25) is 0 Å². The summed E-state index contributed by atoms with van der Waals surface area (Å²) in [5.41, 5.74) is 2.14. The van der Waals surface area contributed by atoms with E-state index in [9.17, 15) is 17.8 Å². The van der Waals surface area contributed by atoms with Gasteiger partial charge in [-0.25, -0.2) is 8.42 Å². The second-order valence-electron chi connectivity index (χ2n) is 5.50. The molecule has 0 aliphatic heterocycles. The summed E-state index contributed by atoms with van der Waals surface area (Å²) in [6.45, 7) is 1.91. The van der Waals surface area contributed by atoms with Crippen molar-refractivity contribution in [2.75, 3.05) is 5.32 Å². The number of aryl methyl sites for hydroxylation is 1. The molecule has 0 atom stereocenters. The third-order valence-electron chi connectivity index (χ3n) is 3.64. The maximum Gasteiger partial charge on any atom is 0.255 e. The number of fused-ring (bicyclic) bond motifs is 1. The Balaban J connectivity index is 1.90. The molecule has 0 heterocycles. The third-order valence-corrected chi connectivity index (χ3v) is 4.47.